The zero-order valence-corrected chi connectivity index (χ0v) is 13.6. The van der Waals surface area contributed by atoms with Gasteiger partial charge in [-0.3, -0.25) is 0 Å². The summed E-state index contributed by atoms with van der Waals surface area (Å²) in [4.78, 5) is 7.13. The lowest BCUT2D eigenvalue weighted by molar-refractivity contribution is 0.424. The molecule has 20 heavy (non-hydrogen) atoms. The van der Waals surface area contributed by atoms with E-state index in [1.165, 1.54) is 24.8 Å². The summed E-state index contributed by atoms with van der Waals surface area (Å²) in [6.45, 7) is 12.1. The van der Waals surface area contributed by atoms with E-state index < -0.39 is 0 Å². The molecule has 1 fully saturated rings. The Kier molecular flexibility index (Phi) is 4.69. The summed E-state index contributed by atoms with van der Waals surface area (Å²) in [6, 6.07) is 5.63. The van der Waals surface area contributed by atoms with E-state index in [0.29, 0.717) is 12.1 Å². The first-order valence-corrected chi connectivity index (χ1v) is 7.89. The van der Waals surface area contributed by atoms with Crippen LogP contribution < -0.4 is 10.2 Å². The van der Waals surface area contributed by atoms with Crippen molar-refractivity contribution in [2.75, 3.05) is 4.90 Å². The van der Waals surface area contributed by atoms with Crippen molar-refractivity contribution >= 4 is 5.82 Å². The van der Waals surface area contributed by atoms with Crippen molar-refractivity contribution in [1.82, 2.24) is 10.3 Å². The van der Waals surface area contributed by atoms with E-state index in [2.05, 4.69) is 62.0 Å². The Morgan fingerprint density at radius 1 is 1.35 bits per heavy atom. The van der Waals surface area contributed by atoms with Crippen molar-refractivity contribution < 1.29 is 0 Å². The molecule has 3 heteroatoms. The third-order valence-corrected chi connectivity index (χ3v) is 4.15. The molecule has 1 aliphatic rings. The minimum absolute atomic E-state index is 0.149. The molecule has 2 atom stereocenters. The minimum Gasteiger partial charge on any atom is -0.351 e. The predicted octanol–water partition coefficient (Wildman–Crippen LogP) is 3.74. The quantitative estimate of drug-likeness (QED) is 0.907. The summed E-state index contributed by atoms with van der Waals surface area (Å²) in [5.74, 6) is 1.15. The second-order valence-electron chi connectivity index (χ2n) is 7.02. The predicted molar refractivity (Wildman–Crippen MR) is 86.1 cm³/mol. The number of nitrogens with one attached hydrogen (secondary N) is 1. The highest BCUT2D eigenvalue weighted by Crippen LogP contribution is 2.30. The summed E-state index contributed by atoms with van der Waals surface area (Å²) < 4.78 is 0. The fourth-order valence-electron chi connectivity index (χ4n) is 2.96. The molecule has 0 spiro atoms. The highest BCUT2D eigenvalue weighted by atomic mass is 15.3. The second-order valence-corrected chi connectivity index (χ2v) is 7.02. The van der Waals surface area contributed by atoms with Gasteiger partial charge in [-0.2, -0.15) is 0 Å². The van der Waals surface area contributed by atoms with Gasteiger partial charge in [-0.1, -0.05) is 6.92 Å². The molecule has 0 aromatic carbocycles. The lowest BCUT2D eigenvalue weighted by Gasteiger charge is -2.29. The Hall–Kier alpha value is -1.09. The van der Waals surface area contributed by atoms with E-state index >= 15 is 0 Å². The van der Waals surface area contributed by atoms with Crippen LogP contribution in [0, 0.1) is 0 Å². The number of hydrogen-bond donors (Lipinski definition) is 1. The van der Waals surface area contributed by atoms with E-state index in [1.54, 1.807) is 0 Å². The van der Waals surface area contributed by atoms with Crippen LogP contribution in [0.15, 0.2) is 18.3 Å². The average molecular weight is 275 g/mol. The van der Waals surface area contributed by atoms with E-state index in [4.69, 9.17) is 0 Å². The van der Waals surface area contributed by atoms with Gasteiger partial charge in [0.25, 0.3) is 0 Å². The largest absolute Gasteiger partial charge is 0.351 e. The Morgan fingerprint density at radius 2 is 2.10 bits per heavy atom. The normalized spacial score (nSPS) is 23.4. The Labute approximate surface area is 123 Å². The van der Waals surface area contributed by atoms with Crippen LogP contribution in [-0.2, 0) is 6.54 Å². The molecule has 1 aromatic heterocycles. The maximum Gasteiger partial charge on any atom is 0.129 e. The van der Waals surface area contributed by atoms with Crippen LogP contribution in [0.1, 0.15) is 59.4 Å². The first-order chi connectivity index (χ1) is 9.40. The molecule has 0 aliphatic carbocycles. The summed E-state index contributed by atoms with van der Waals surface area (Å²) in [5.41, 5.74) is 1.47. The van der Waals surface area contributed by atoms with Crippen molar-refractivity contribution in [1.29, 1.82) is 0 Å². The summed E-state index contributed by atoms with van der Waals surface area (Å²) in [5, 5.41) is 3.55. The number of pyridine rings is 1. The minimum atomic E-state index is 0.149. The Morgan fingerprint density at radius 3 is 2.75 bits per heavy atom. The van der Waals surface area contributed by atoms with Gasteiger partial charge in [0.1, 0.15) is 5.82 Å². The highest BCUT2D eigenvalue weighted by molar-refractivity contribution is 5.44. The zero-order valence-electron chi connectivity index (χ0n) is 13.6. The molecular formula is C17H29N3. The molecule has 1 aliphatic heterocycles. The van der Waals surface area contributed by atoms with Crippen LogP contribution in [0.5, 0.6) is 0 Å². The summed E-state index contributed by atoms with van der Waals surface area (Å²) in [7, 11) is 0. The molecule has 112 valence electrons. The van der Waals surface area contributed by atoms with Gasteiger partial charge in [0.05, 0.1) is 0 Å². The van der Waals surface area contributed by atoms with Crippen molar-refractivity contribution in [3.63, 3.8) is 0 Å². The maximum atomic E-state index is 4.61. The molecule has 2 unspecified atom stereocenters. The second kappa shape index (κ2) is 6.13. The zero-order chi connectivity index (χ0) is 14.8. The fourth-order valence-corrected chi connectivity index (χ4v) is 2.96. The molecule has 1 N–H and O–H groups in total. The number of aromatic nitrogens is 1. The van der Waals surface area contributed by atoms with Crippen molar-refractivity contribution in [2.24, 2.45) is 0 Å². The van der Waals surface area contributed by atoms with Gasteiger partial charge in [-0.15, -0.1) is 0 Å². The van der Waals surface area contributed by atoms with E-state index in [9.17, 15) is 0 Å². The molecule has 2 heterocycles. The van der Waals surface area contributed by atoms with Crippen LogP contribution in [0.25, 0.3) is 0 Å². The van der Waals surface area contributed by atoms with Crippen LogP contribution in [0.2, 0.25) is 0 Å². The SMILES string of the molecule is CCC1CCC(C)N1c1cc(CNC(C)(C)C)ccn1. The van der Waals surface area contributed by atoms with E-state index in [0.717, 1.165) is 12.4 Å². The van der Waals surface area contributed by atoms with Gasteiger partial charge in [0.2, 0.25) is 0 Å². The molecule has 0 amide bonds. The third-order valence-electron chi connectivity index (χ3n) is 4.15. The number of rotatable bonds is 4. The lowest BCUT2D eigenvalue weighted by Crippen LogP contribution is -2.36. The molecule has 1 aromatic rings. The average Bonchev–Trinajstić information content (AvgIpc) is 2.77. The van der Waals surface area contributed by atoms with Gasteiger partial charge < -0.3 is 10.2 Å². The number of nitrogens with zero attached hydrogens (tertiary/aromatic N) is 2. The van der Waals surface area contributed by atoms with Crippen LogP contribution in [-0.4, -0.2) is 22.6 Å². The van der Waals surface area contributed by atoms with Crippen LogP contribution in [0.4, 0.5) is 5.82 Å². The smallest absolute Gasteiger partial charge is 0.129 e. The summed E-state index contributed by atoms with van der Waals surface area (Å²) in [6.07, 6.45) is 5.73. The van der Waals surface area contributed by atoms with Crippen LogP contribution in [0.3, 0.4) is 0 Å². The monoisotopic (exact) mass is 275 g/mol. The van der Waals surface area contributed by atoms with E-state index in [1.807, 2.05) is 6.20 Å². The fraction of sp³-hybridized carbons (Fsp3) is 0.706. The van der Waals surface area contributed by atoms with Gasteiger partial charge in [0.15, 0.2) is 0 Å². The topological polar surface area (TPSA) is 28.2 Å². The standard InChI is InChI=1S/C17H29N3/c1-6-15-8-7-13(2)20(15)16-11-14(9-10-18-16)12-19-17(3,4)5/h9-11,13,15,19H,6-8,12H2,1-5H3. The molecule has 0 saturated carbocycles. The van der Waals surface area contributed by atoms with Gasteiger partial charge in [-0.25, -0.2) is 4.98 Å². The van der Waals surface area contributed by atoms with Gasteiger partial charge in [-0.05, 0) is 64.7 Å². The van der Waals surface area contributed by atoms with Gasteiger partial charge in [0, 0.05) is 30.4 Å². The lowest BCUT2D eigenvalue weighted by atomic mass is 10.1. The molecule has 3 nitrogen and oxygen atoms in total. The van der Waals surface area contributed by atoms with Crippen molar-refractivity contribution in [3.05, 3.63) is 23.9 Å². The molecule has 1 saturated heterocycles. The van der Waals surface area contributed by atoms with Gasteiger partial charge >= 0.3 is 0 Å². The van der Waals surface area contributed by atoms with Crippen molar-refractivity contribution in [2.45, 2.75) is 78.0 Å². The third kappa shape index (κ3) is 3.72. The molecular weight excluding hydrogens is 246 g/mol. The number of anilines is 1. The maximum absolute atomic E-state index is 4.61. The number of hydrogen-bond acceptors (Lipinski definition) is 3. The first kappa shape index (κ1) is 15.3. The molecule has 0 radical (unpaired) electrons. The van der Waals surface area contributed by atoms with Crippen LogP contribution >= 0.6 is 0 Å². The molecule has 2 rings (SSSR count). The first-order valence-electron chi connectivity index (χ1n) is 7.89. The Balaban J connectivity index is 2.13. The highest BCUT2D eigenvalue weighted by Gasteiger charge is 2.30. The van der Waals surface area contributed by atoms with E-state index in [-0.39, 0.29) is 5.54 Å². The molecule has 0 bridgehead atoms. The summed E-state index contributed by atoms with van der Waals surface area (Å²) >= 11 is 0. The van der Waals surface area contributed by atoms with Crippen molar-refractivity contribution in [3.8, 4) is 0 Å². The Bertz CT molecular complexity index is 436.